The molecular formula is C19H24N4O3. The van der Waals surface area contributed by atoms with Crippen molar-refractivity contribution in [1.82, 2.24) is 20.3 Å². The van der Waals surface area contributed by atoms with E-state index in [1.165, 1.54) is 0 Å². The van der Waals surface area contributed by atoms with Crippen LogP contribution in [-0.2, 0) is 4.79 Å². The highest BCUT2D eigenvalue weighted by molar-refractivity contribution is 5.93. The average Bonchev–Trinajstić information content (AvgIpc) is 3.12. The summed E-state index contributed by atoms with van der Waals surface area (Å²) in [7, 11) is 0. The second-order valence-corrected chi connectivity index (χ2v) is 6.73. The molecule has 1 aromatic carbocycles. The molecule has 0 spiro atoms. The molecule has 0 unspecified atom stereocenters. The standard InChI is InChI=1S/C19H24N4O3/c1-14(2)20-18(24)13-22-8-10-23(11-9-22)19(25)16-12-17(26-21-16)15-6-4-3-5-7-15/h3-7,12,14H,8-11,13H2,1-2H3,(H,20,24). The predicted molar refractivity (Wildman–Crippen MR) is 97.6 cm³/mol. The fourth-order valence-electron chi connectivity index (χ4n) is 2.96. The third-order valence-corrected chi connectivity index (χ3v) is 4.26. The molecule has 7 heteroatoms. The number of hydrogen-bond acceptors (Lipinski definition) is 5. The van der Waals surface area contributed by atoms with E-state index in [1.807, 2.05) is 44.2 Å². The first-order valence-corrected chi connectivity index (χ1v) is 8.86. The van der Waals surface area contributed by atoms with Crippen LogP contribution in [0.4, 0.5) is 0 Å². The van der Waals surface area contributed by atoms with Gasteiger partial charge in [0.2, 0.25) is 5.91 Å². The fraction of sp³-hybridized carbons (Fsp3) is 0.421. The number of nitrogens with one attached hydrogen (secondary N) is 1. The summed E-state index contributed by atoms with van der Waals surface area (Å²) < 4.78 is 5.31. The van der Waals surface area contributed by atoms with Crippen molar-refractivity contribution in [2.45, 2.75) is 19.9 Å². The van der Waals surface area contributed by atoms with Crippen molar-refractivity contribution < 1.29 is 14.1 Å². The topological polar surface area (TPSA) is 78.7 Å². The molecule has 0 atom stereocenters. The Kier molecular flexibility index (Phi) is 5.68. The number of carbonyl (C=O) groups excluding carboxylic acids is 2. The molecule has 1 fully saturated rings. The molecule has 26 heavy (non-hydrogen) atoms. The molecule has 138 valence electrons. The van der Waals surface area contributed by atoms with E-state index in [9.17, 15) is 9.59 Å². The maximum absolute atomic E-state index is 12.6. The van der Waals surface area contributed by atoms with Crippen LogP contribution in [0.1, 0.15) is 24.3 Å². The normalized spacial score (nSPS) is 15.3. The number of rotatable bonds is 5. The van der Waals surface area contributed by atoms with Crippen LogP contribution >= 0.6 is 0 Å². The van der Waals surface area contributed by atoms with Crippen molar-refractivity contribution >= 4 is 11.8 Å². The molecule has 7 nitrogen and oxygen atoms in total. The van der Waals surface area contributed by atoms with Crippen LogP contribution in [0.25, 0.3) is 11.3 Å². The Morgan fingerprint density at radius 1 is 1.15 bits per heavy atom. The Labute approximate surface area is 152 Å². The van der Waals surface area contributed by atoms with Gasteiger partial charge >= 0.3 is 0 Å². The van der Waals surface area contributed by atoms with Crippen molar-refractivity contribution in [3.05, 3.63) is 42.1 Å². The molecule has 0 saturated carbocycles. The Morgan fingerprint density at radius 3 is 2.50 bits per heavy atom. The van der Waals surface area contributed by atoms with Crippen LogP contribution in [0.3, 0.4) is 0 Å². The van der Waals surface area contributed by atoms with E-state index in [2.05, 4.69) is 15.4 Å². The lowest BCUT2D eigenvalue weighted by molar-refractivity contribution is -0.123. The largest absolute Gasteiger partial charge is 0.355 e. The smallest absolute Gasteiger partial charge is 0.276 e. The Bertz CT molecular complexity index is 749. The zero-order chi connectivity index (χ0) is 18.5. The van der Waals surface area contributed by atoms with Crippen molar-refractivity contribution in [3.8, 4) is 11.3 Å². The van der Waals surface area contributed by atoms with E-state index in [1.54, 1.807) is 11.0 Å². The van der Waals surface area contributed by atoms with Gasteiger partial charge in [-0.25, -0.2) is 0 Å². The van der Waals surface area contributed by atoms with E-state index in [0.717, 1.165) is 5.56 Å². The lowest BCUT2D eigenvalue weighted by Gasteiger charge is -2.34. The van der Waals surface area contributed by atoms with E-state index in [-0.39, 0.29) is 17.9 Å². The number of carbonyl (C=O) groups is 2. The third-order valence-electron chi connectivity index (χ3n) is 4.26. The highest BCUT2D eigenvalue weighted by Crippen LogP contribution is 2.20. The molecule has 2 heterocycles. The number of aromatic nitrogens is 1. The van der Waals surface area contributed by atoms with Crippen molar-refractivity contribution in [2.75, 3.05) is 32.7 Å². The van der Waals surface area contributed by atoms with Crippen molar-refractivity contribution in [2.24, 2.45) is 0 Å². The van der Waals surface area contributed by atoms with Crippen LogP contribution in [0, 0.1) is 0 Å². The van der Waals surface area contributed by atoms with E-state index in [0.29, 0.717) is 44.2 Å². The van der Waals surface area contributed by atoms with Crippen LogP contribution in [-0.4, -0.2) is 65.5 Å². The molecule has 0 bridgehead atoms. The zero-order valence-electron chi connectivity index (χ0n) is 15.1. The second kappa shape index (κ2) is 8.14. The van der Waals surface area contributed by atoms with Crippen LogP contribution in [0.2, 0.25) is 0 Å². The number of amides is 2. The molecule has 0 aliphatic carbocycles. The van der Waals surface area contributed by atoms with Gasteiger partial charge < -0.3 is 14.7 Å². The van der Waals surface area contributed by atoms with Gasteiger partial charge in [0.05, 0.1) is 6.54 Å². The first-order valence-electron chi connectivity index (χ1n) is 8.86. The van der Waals surface area contributed by atoms with Crippen LogP contribution < -0.4 is 5.32 Å². The average molecular weight is 356 g/mol. The van der Waals surface area contributed by atoms with Crippen LogP contribution in [0.5, 0.6) is 0 Å². The highest BCUT2D eigenvalue weighted by Gasteiger charge is 2.25. The molecule has 2 aromatic rings. The summed E-state index contributed by atoms with van der Waals surface area (Å²) in [6, 6.07) is 11.4. The highest BCUT2D eigenvalue weighted by atomic mass is 16.5. The summed E-state index contributed by atoms with van der Waals surface area (Å²) in [4.78, 5) is 28.3. The maximum Gasteiger partial charge on any atom is 0.276 e. The summed E-state index contributed by atoms with van der Waals surface area (Å²) in [6.45, 7) is 6.72. The van der Waals surface area contributed by atoms with Crippen molar-refractivity contribution in [3.63, 3.8) is 0 Å². The molecule has 2 amide bonds. The summed E-state index contributed by atoms with van der Waals surface area (Å²) in [5, 5.41) is 6.81. The molecule has 1 aromatic heterocycles. The molecule has 1 N–H and O–H groups in total. The number of nitrogens with zero attached hydrogens (tertiary/aromatic N) is 3. The first kappa shape index (κ1) is 18.1. The van der Waals surface area contributed by atoms with E-state index >= 15 is 0 Å². The van der Waals surface area contributed by atoms with Gasteiger partial charge in [0.1, 0.15) is 0 Å². The fourth-order valence-corrected chi connectivity index (χ4v) is 2.96. The summed E-state index contributed by atoms with van der Waals surface area (Å²) >= 11 is 0. The second-order valence-electron chi connectivity index (χ2n) is 6.73. The lowest BCUT2D eigenvalue weighted by atomic mass is 10.1. The Hall–Kier alpha value is -2.67. The minimum absolute atomic E-state index is 0.0174. The molecule has 1 aliphatic heterocycles. The van der Waals surface area contributed by atoms with Gasteiger partial charge in [0.25, 0.3) is 5.91 Å². The van der Waals surface area contributed by atoms with Gasteiger partial charge in [-0.2, -0.15) is 0 Å². The third kappa shape index (κ3) is 4.49. The molecule has 0 radical (unpaired) electrons. The first-order chi connectivity index (χ1) is 12.5. The summed E-state index contributed by atoms with van der Waals surface area (Å²) in [5.74, 6) is 0.462. The Balaban J connectivity index is 1.54. The molecular weight excluding hydrogens is 332 g/mol. The molecule has 3 rings (SSSR count). The number of benzene rings is 1. The van der Waals surface area contributed by atoms with Gasteiger partial charge in [-0.3, -0.25) is 14.5 Å². The van der Waals surface area contributed by atoms with E-state index in [4.69, 9.17) is 4.52 Å². The zero-order valence-corrected chi connectivity index (χ0v) is 15.1. The summed E-state index contributed by atoms with van der Waals surface area (Å²) in [6.07, 6.45) is 0. The predicted octanol–water partition coefficient (Wildman–Crippen LogP) is 1.62. The van der Waals surface area contributed by atoms with Gasteiger partial charge in [-0.1, -0.05) is 35.5 Å². The Morgan fingerprint density at radius 2 is 1.85 bits per heavy atom. The monoisotopic (exact) mass is 356 g/mol. The van der Waals surface area contributed by atoms with Gasteiger partial charge in [-0.05, 0) is 13.8 Å². The molecule has 1 aliphatic rings. The lowest BCUT2D eigenvalue weighted by Crippen LogP contribution is -2.51. The number of piperazine rings is 1. The quantitative estimate of drug-likeness (QED) is 0.881. The molecule has 1 saturated heterocycles. The SMILES string of the molecule is CC(C)NC(=O)CN1CCN(C(=O)c2cc(-c3ccccc3)on2)CC1. The van der Waals surface area contributed by atoms with Gasteiger partial charge in [0.15, 0.2) is 11.5 Å². The van der Waals surface area contributed by atoms with E-state index < -0.39 is 0 Å². The summed E-state index contributed by atoms with van der Waals surface area (Å²) in [5.41, 5.74) is 1.20. The van der Waals surface area contributed by atoms with Crippen LogP contribution in [0.15, 0.2) is 40.9 Å². The minimum Gasteiger partial charge on any atom is -0.355 e. The number of hydrogen-bond donors (Lipinski definition) is 1. The van der Waals surface area contributed by atoms with Gasteiger partial charge in [0, 0.05) is 43.9 Å². The minimum atomic E-state index is -0.137. The van der Waals surface area contributed by atoms with Gasteiger partial charge in [-0.15, -0.1) is 0 Å². The van der Waals surface area contributed by atoms with Crippen molar-refractivity contribution in [1.29, 1.82) is 0 Å². The maximum atomic E-state index is 12.6.